The van der Waals surface area contributed by atoms with Crippen molar-refractivity contribution in [3.05, 3.63) is 48.0 Å². The van der Waals surface area contributed by atoms with Crippen LogP contribution in [0.3, 0.4) is 0 Å². The quantitative estimate of drug-likeness (QED) is 0.622. The number of hydrogen-bond acceptors (Lipinski definition) is 6. The maximum absolute atomic E-state index is 13.0. The van der Waals surface area contributed by atoms with Gasteiger partial charge in [0.25, 0.3) is 5.91 Å². The molecule has 3 rings (SSSR count). The lowest BCUT2D eigenvalue weighted by atomic mass is 10.2. The molecule has 0 unspecified atom stereocenters. The highest BCUT2D eigenvalue weighted by atomic mass is 32.2. The summed E-state index contributed by atoms with van der Waals surface area (Å²) in [5.74, 6) is -0.113. The lowest BCUT2D eigenvalue weighted by molar-refractivity contribution is -0.118. The van der Waals surface area contributed by atoms with Crippen LogP contribution in [0.15, 0.2) is 47.4 Å². The van der Waals surface area contributed by atoms with Crippen molar-refractivity contribution in [2.75, 3.05) is 43.0 Å². The first kappa shape index (κ1) is 23.6. The Balaban J connectivity index is 1.85. The molecule has 170 valence electrons. The van der Waals surface area contributed by atoms with Crippen LogP contribution < -0.4 is 15.0 Å². The van der Waals surface area contributed by atoms with E-state index in [0.29, 0.717) is 30.1 Å². The third kappa shape index (κ3) is 5.21. The van der Waals surface area contributed by atoms with Crippen molar-refractivity contribution in [2.45, 2.75) is 31.6 Å². The summed E-state index contributed by atoms with van der Waals surface area (Å²) in [6.07, 6.45) is 2.09. The highest BCUT2D eigenvalue weighted by molar-refractivity contribution is 7.89. The minimum absolute atomic E-state index is 0.134. The predicted octanol–water partition coefficient (Wildman–Crippen LogP) is 3.21. The largest absolute Gasteiger partial charge is 0.482 e. The number of amides is 1. The smallest absolute Gasteiger partial charge is 0.262 e. The van der Waals surface area contributed by atoms with Gasteiger partial charge in [0.2, 0.25) is 10.0 Å². The monoisotopic (exact) mass is 456 g/mol. The molecule has 1 fully saturated rings. The van der Waals surface area contributed by atoms with Gasteiger partial charge < -0.3 is 15.0 Å². The summed E-state index contributed by atoms with van der Waals surface area (Å²) in [6, 6.07) is 13.6. The van der Waals surface area contributed by atoms with Crippen molar-refractivity contribution in [1.82, 2.24) is 4.31 Å². The number of sulfonamides is 1. The van der Waals surface area contributed by atoms with Crippen LogP contribution in [0.1, 0.15) is 32.3 Å². The molecule has 1 aliphatic rings. The molecule has 9 heteroatoms. The van der Waals surface area contributed by atoms with Gasteiger partial charge in [-0.25, -0.2) is 8.42 Å². The zero-order chi connectivity index (χ0) is 23.1. The number of benzene rings is 2. The molecule has 2 aromatic carbocycles. The number of hydrogen-bond donors (Lipinski definition) is 1. The third-order valence-electron chi connectivity index (χ3n) is 5.40. The van der Waals surface area contributed by atoms with Gasteiger partial charge in [0, 0.05) is 26.2 Å². The van der Waals surface area contributed by atoms with Crippen molar-refractivity contribution < 1.29 is 17.9 Å². The molecule has 0 aromatic heterocycles. The summed E-state index contributed by atoms with van der Waals surface area (Å²) < 4.78 is 32.9. The van der Waals surface area contributed by atoms with E-state index in [1.807, 2.05) is 6.07 Å². The molecule has 0 atom stereocenters. The normalized spacial score (nSPS) is 13.8. The Kier molecular flexibility index (Phi) is 7.72. The van der Waals surface area contributed by atoms with Gasteiger partial charge in [-0.2, -0.15) is 9.57 Å². The summed E-state index contributed by atoms with van der Waals surface area (Å²) in [5, 5.41) is 12.0. The lowest BCUT2D eigenvalue weighted by Crippen LogP contribution is -2.31. The van der Waals surface area contributed by atoms with Gasteiger partial charge in [0.05, 0.1) is 21.8 Å². The maximum atomic E-state index is 13.0. The fourth-order valence-electron chi connectivity index (χ4n) is 3.74. The molecule has 1 heterocycles. The van der Waals surface area contributed by atoms with Crippen LogP contribution in [0.25, 0.3) is 0 Å². The average molecular weight is 457 g/mol. The van der Waals surface area contributed by atoms with E-state index in [-0.39, 0.29) is 11.5 Å². The molecule has 1 aliphatic heterocycles. The highest BCUT2D eigenvalue weighted by Gasteiger charge is 2.25. The van der Waals surface area contributed by atoms with E-state index >= 15 is 0 Å². The Morgan fingerprint density at radius 3 is 2.50 bits per heavy atom. The van der Waals surface area contributed by atoms with Crippen LogP contribution in [-0.2, 0) is 14.8 Å². The topological polar surface area (TPSA) is 103 Å². The number of rotatable bonds is 9. The van der Waals surface area contributed by atoms with Crippen LogP contribution in [0, 0.1) is 11.3 Å². The summed E-state index contributed by atoms with van der Waals surface area (Å²) in [4.78, 5) is 14.9. The van der Waals surface area contributed by atoms with Crippen molar-refractivity contribution in [3.8, 4) is 11.8 Å². The van der Waals surface area contributed by atoms with E-state index in [0.717, 1.165) is 31.6 Å². The van der Waals surface area contributed by atoms with Gasteiger partial charge in [-0.05, 0) is 43.2 Å². The number of ether oxygens (including phenoxy) is 1. The zero-order valence-electron chi connectivity index (χ0n) is 18.4. The number of carbonyl (C=O) groups is 1. The second-order valence-corrected chi connectivity index (χ2v) is 9.35. The predicted molar refractivity (Wildman–Crippen MR) is 123 cm³/mol. The summed E-state index contributed by atoms with van der Waals surface area (Å²) >= 11 is 0. The van der Waals surface area contributed by atoms with Crippen LogP contribution in [-0.4, -0.2) is 51.4 Å². The summed E-state index contributed by atoms with van der Waals surface area (Å²) in [7, 11) is -3.67. The summed E-state index contributed by atoms with van der Waals surface area (Å²) in [5.41, 5.74) is 1.56. The molecule has 1 amide bonds. The number of nitriles is 1. The first-order valence-corrected chi connectivity index (χ1v) is 12.2. The Hall–Kier alpha value is -3.09. The minimum Gasteiger partial charge on any atom is -0.482 e. The second-order valence-electron chi connectivity index (χ2n) is 7.41. The summed E-state index contributed by atoms with van der Waals surface area (Å²) in [6.45, 7) is 5.69. The van der Waals surface area contributed by atoms with Crippen LogP contribution >= 0.6 is 0 Å². The van der Waals surface area contributed by atoms with Gasteiger partial charge in [0.1, 0.15) is 11.8 Å². The van der Waals surface area contributed by atoms with Crippen molar-refractivity contribution >= 4 is 27.3 Å². The van der Waals surface area contributed by atoms with Gasteiger partial charge in [-0.15, -0.1) is 0 Å². The zero-order valence-corrected chi connectivity index (χ0v) is 19.2. The van der Waals surface area contributed by atoms with Crippen LogP contribution in [0.4, 0.5) is 11.4 Å². The molecular formula is C23H28N4O4S. The first-order valence-electron chi connectivity index (χ1n) is 10.7. The number of para-hydroxylation sites is 1. The van der Waals surface area contributed by atoms with E-state index in [2.05, 4.69) is 10.2 Å². The Labute approximate surface area is 189 Å². The van der Waals surface area contributed by atoms with E-state index in [1.54, 1.807) is 50.2 Å². The molecule has 0 bridgehead atoms. The molecule has 0 saturated carbocycles. The van der Waals surface area contributed by atoms with Crippen molar-refractivity contribution in [3.63, 3.8) is 0 Å². The molecule has 32 heavy (non-hydrogen) atoms. The van der Waals surface area contributed by atoms with Crippen molar-refractivity contribution in [2.24, 2.45) is 0 Å². The van der Waals surface area contributed by atoms with Crippen LogP contribution in [0.2, 0.25) is 0 Å². The number of nitrogens with one attached hydrogen (secondary N) is 1. The Bertz CT molecular complexity index is 1100. The molecule has 0 radical (unpaired) electrons. The van der Waals surface area contributed by atoms with Crippen molar-refractivity contribution in [1.29, 1.82) is 5.26 Å². The number of carbonyl (C=O) groups excluding carboxylic acids is 1. The van der Waals surface area contributed by atoms with Gasteiger partial charge in [-0.1, -0.05) is 26.0 Å². The SMILES string of the molecule is CCN(CC)S(=O)(=O)c1ccc(N2CCCC2)c(NC(=O)COc2ccccc2C#N)c1. The van der Waals surface area contributed by atoms with Crippen LogP contribution in [0.5, 0.6) is 5.75 Å². The standard InChI is InChI=1S/C23H28N4O4S/c1-3-27(4-2)32(29,30)19-11-12-21(26-13-7-8-14-26)20(15-19)25-23(28)17-31-22-10-6-5-9-18(22)16-24/h5-6,9-12,15H,3-4,7-8,13-14,17H2,1-2H3,(H,25,28). The van der Waals surface area contributed by atoms with Gasteiger partial charge in [-0.3, -0.25) is 4.79 Å². The van der Waals surface area contributed by atoms with Gasteiger partial charge in [0.15, 0.2) is 6.61 Å². The highest BCUT2D eigenvalue weighted by Crippen LogP contribution is 2.32. The van der Waals surface area contributed by atoms with E-state index in [9.17, 15) is 18.5 Å². The second kappa shape index (κ2) is 10.5. The first-order chi connectivity index (χ1) is 15.4. The molecule has 0 aliphatic carbocycles. The average Bonchev–Trinajstić information content (AvgIpc) is 3.33. The van der Waals surface area contributed by atoms with E-state index in [4.69, 9.17) is 4.74 Å². The molecule has 8 nitrogen and oxygen atoms in total. The number of anilines is 2. The third-order valence-corrected chi connectivity index (χ3v) is 7.44. The Morgan fingerprint density at radius 2 is 1.84 bits per heavy atom. The molecular weight excluding hydrogens is 428 g/mol. The fraction of sp³-hybridized carbons (Fsp3) is 0.391. The van der Waals surface area contributed by atoms with Gasteiger partial charge >= 0.3 is 0 Å². The van der Waals surface area contributed by atoms with E-state index < -0.39 is 15.9 Å². The minimum atomic E-state index is -3.67. The Morgan fingerprint density at radius 1 is 1.16 bits per heavy atom. The maximum Gasteiger partial charge on any atom is 0.262 e. The molecule has 1 N–H and O–H groups in total. The molecule has 1 saturated heterocycles. The molecule has 2 aromatic rings. The fourth-order valence-corrected chi connectivity index (χ4v) is 5.22. The van der Waals surface area contributed by atoms with E-state index in [1.165, 1.54) is 10.4 Å². The molecule has 0 spiro atoms. The number of nitrogens with zero attached hydrogens (tertiary/aromatic N) is 3. The lowest BCUT2D eigenvalue weighted by Gasteiger charge is -2.24.